The van der Waals surface area contributed by atoms with Gasteiger partial charge in [0.15, 0.2) is 0 Å². The van der Waals surface area contributed by atoms with E-state index >= 15 is 0 Å². The molecule has 126 valence electrons. The molecule has 0 aliphatic carbocycles. The molecule has 0 N–H and O–H groups in total. The highest BCUT2D eigenvalue weighted by atomic mass is 19.1. The van der Waals surface area contributed by atoms with Crippen molar-refractivity contribution >= 4 is 0 Å². The van der Waals surface area contributed by atoms with Crippen molar-refractivity contribution in [2.24, 2.45) is 5.92 Å². The topological polar surface area (TPSA) is 61.4 Å². The first-order chi connectivity index (χ1) is 11.5. The van der Waals surface area contributed by atoms with Gasteiger partial charge in [-0.15, -0.1) is 0 Å². The van der Waals surface area contributed by atoms with Crippen LogP contribution in [0.5, 0.6) is 0 Å². The summed E-state index contributed by atoms with van der Waals surface area (Å²) in [5.41, 5.74) is -0.274. The fraction of sp³-hybridized carbons (Fsp3) is 0.375. The first-order valence-electron chi connectivity index (χ1n) is 7.61. The minimum Gasteiger partial charge on any atom is -0.252 e. The van der Waals surface area contributed by atoms with Gasteiger partial charge in [0.2, 0.25) is 0 Å². The van der Waals surface area contributed by atoms with Crippen molar-refractivity contribution < 1.29 is 8.78 Å². The number of halogens is 2. The lowest BCUT2D eigenvalue weighted by Crippen LogP contribution is -2.42. The van der Waals surface area contributed by atoms with Gasteiger partial charge in [0.1, 0.15) is 36.9 Å². The highest BCUT2D eigenvalue weighted by molar-refractivity contribution is 5.28. The molecule has 0 spiro atoms. The Balaban J connectivity index is 2.12. The Morgan fingerprint density at radius 1 is 1.00 bits per heavy atom. The first-order valence-corrected chi connectivity index (χ1v) is 7.61. The second-order valence-corrected chi connectivity index (χ2v) is 6.12. The molecule has 1 aromatic carbocycles. The molecule has 0 unspecified atom stereocenters. The van der Waals surface area contributed by atoms with E-state index in [1.165, 1.54) is 24.8 Å². The fourth-order valence-corrected chi connectivity index (χ4v) is 3.00. The van der Waals surface area contributed by atoms with Crippen molar-refractivity contribution in [3.8, 4) is 0 Å². The van der Waals surface area contributed by atoms with Crippen LogP contribution in [0.25, 0.3) is 0 Å². The van der Waals surface area contributed by atoms with E-state index in [1.54, 1.807) is 22.0 Å². The summed E-state index contributed by atoms with van der Waals surface area (Å²) >= 11 is 0. The predicted octanol–water partition coefficient (Wildman–Crippen LogP) is 2.44. The van der Waals surface area contributed by atoms with Crippen LogP contribution in [0.2, 0.25) is 0 Å². The van der Waals surface area contributed by atoms with E-state index in [2.05, 4.69) is 20.2 Å². The SMILES string of the molecule is CC(C)C(Cn1cncn1)(Cn1cncn1)c1ccc(F)cc1F. The number of rotatable bonds is 6. The summed E-state index contributed by atoms with van der Waals surface area (Å²) in [5.74, 6) is -1.16. The van der Waals surface area contributed by atoms with Crippen molar-refractivity contribution in [1.29, 1.82) is 0 Å². The minimum absolute atomic E-state index is 0.0193. The van der Waals surface area contributed by atoms with E-state index < -0.39 is 17.0 Å². The van der Waals surface area contributed by atoms with Crippen LogP contribution in [0.3, 0.4) is 0 Å². The van der Waals surface area contributed by atoms with Crippen LogP contribution in [-0.2, 0) is 18.5 Å². The van der Waals surface area contributed by atoms with E-state index in [9.17, 15) is 8.78 Å². The van der Waals surface area contributed by atoms with Crippen LogP contribution in [0.1, 0.15) is 19.4 Å². The maximum absolute atomic E-state index is 14.6. The maximum atomic E-state index is 14.6. The molecule has 0 fully saturated rings. The second kappa shape index (κ2) is 6.46. The predicted molar refractivity (Wildman–Crippen MR) is 82.9 cm³/mol. The lowest BCUT2D eigenvalue weighted by Gasteiger charge is -2.38. The molecule has 3 rings (SSSR count). The van der Waals surface area contributed by atoms with Gasteiger partial charge in [-0.25, -0.2) is 18.7 Å². The lowest BCUT2D eigenvalue weighted by molar-refractivity contribution is 0.202. The van der Waals surface area contributed by atoms with Crippen LogP contribution in [0.15, 0.2) is 43.5 Å². The van der Waals surface area contributed by atoms with Crippen LogP contribution >= 0.6 is 0 Å². The number of aromatic nitrogens is 6. The molecule has 8 heteroatoms. The largest absolute Gasteiger partial charge is 0.252 e. The van der Waals surface area contributed by atoms with Crippen LogP contribution in [-0.4, -0.2) is 29.5 Å². The Labute approximate surface area is 138 Å². The van der Waals surface area contributed by atoms with E-state index in [0.29, 0.717) is 18.7 Å². The van der Waals surface area contributed by atoms with Gasteiger partial charge in [-0.2, -0.15) is 10.2 Å². The maximum Gasteiger partial charge on any atom is 0.137 e. The molecule has 2 heterocycles. The average molecular weight is 332 g/mol. The molecular weight excluding hydrogens is 314 g/mol. The zero-order valence-corrected chi connectivity index (χ0v) is 13.5. The highest BCUT2D eigenvalue weighted by Crippen LogP contribution is 2.37. The average Bonchev–Trinajstić information content (AvgIpc) is 3.20. The van der Waals surface area contributed by atoms with Gasteiger partial charge in [0.25, 0.3) is 0 Å². The van der Waals surface area contributed by atoms with Gasteiger partial charge in [-0.3, -0.25) is 9.36 Å². The second-order valence-electron chi connectivity index (χ2n) is 6.12. The minimum atomic E-state index is -0.695. The van der Waals surface area contributed by atoms with Crippen molar-refractivity contribution in [2.75, 3.05) is 0 Å². The molecule has 0 aliphatic rings. The van der Waals surface area contributed by atoms with Gasteiger partial charge in [-0.05, 0) is 17.5 Å². The summed E-state index contributed by atoms with van der Waals surface area (Å²) in [6, 6.07) is 3.69. The highest BCUT2D eigenvalue weighted by Gasteiger charge is 2.39. The Hall–Kier alpha value is -2.64. The first kappa shape index (κ1) is 16.2. The molecule has 2 aromatic heterocycles. The number of hydrogen-bond donors (Lipinski definition) is 0. The van der Waals surface area contributed by atoms with Crippen LogP contribution < -0.4 is 0 Å². The van der Waals surface area contributed by atoms with Gasteiger partial charge in [-0.1, -0.05) is 19.9 Å². The van der Waals surface area contributed by atoms with Gasteiger partial charge < -0.3 is 0 Å². The Kier molecular flexibility index (Phi) is 4.37. The molecule has 3 aromatic rings. The van der Waals surface area contributed by atoms with Crippen molar-refractivity contribution in [3.05, 3.63) is 60.7 Å². The number of benzene rings is 1. The molecule has 24 heavy (non-hydrogen) atoms. The normalized spacial score (nSPS) is 12.0. The monoisotopic (exact) mass is 332 g/mol. The van der Waals surface area contributed by atoms with Crippen molar-refractivity contribution in [2.45, 2.75) is 32.4 Å². The molecule has 0 saturated heterocycles. The molecule has 6 nitrogen and oxygen atoms in total. The molecule has 0 aliphatic heterocycles. The third-order valence-corrected chi connectivity index (χ3v) is 4.39. The molecule has 0 atom stereocenters. The number of nitrogens with zero attached hydrogens (tertiary/aromatic N) is 6. The summed E-state index contributed by atoms with van der Waals surface area (Å²) in [6.07, 6.45) is 6.03. The van der Waals surface area contributed by atoms with Crippen LogP contribution in [0.4, 0.5) is 8.78 Å². The quantitative estimate of drug-likeness (QED) is 0.696. The van der Waals surface area contributed by atoms with E-state index in [4.69, 9.17) is 0 Å². The molecule has 0 saturated carbocycles. The van der Waals surface area contributed by atoms with Crippen molar-refractivity contribution in [1.82, 2.24) is 29.5 Å². The standard InChI is InChI=1S/C16H18F2N6/c1-12(2)16(6-23-10-19-8-21-23,7-24-11-20-9-22-24)14-4-3-13(17)5-15(14)18/h3-5,8-12H,6-7H2,1-2H3. The van der Waals surface area contributed by atoms with Gasteiger partial charge in [0.05, 0.1) is 13.1 Å². The molecular formula is C16H18F2N6. The Morgan fingerprint density at radius 2 is 1.58 bits per heavy atom. The zero-order chi connectivity index (χ0) is 17.2. The van der Waals surface area contributed by atoms with E-state index in [-0.39, 0.29) is 5.92 Å². The molecule has 0 amide bonds. The van der Waals surface area contributed by atoms with Crippen LogP contribution in [0, 0.1) is 17.6 Å². The van der Waals surface area contributed by atoms with Crippen molar-refractivity contribution in [3.63, 3.8) is 0 Å². The third kappa shape index (κ3) is 3.04. The Bertz CT molecular complexity index is 747. The molecule has 0 radical (unpaired) electrons. The van der Waals surface area contributed by atoms with E-state index in [0.717, 1.165) is 6.07 Å². The fourth-order valence-electron chi connectivity index (χ4n) is 3.00. The van der Waals surface area contributed by atoms with Gasteiger partial charge >= 0.3 is 0 Å². The summed E-state index contributed by atoms with van der Waals surface area (Å²) in [5, 5.41) is 8.30. The molecule has 0 bridgehead atoms. The zero-order valence-electron chi connectivity index (χ0n) is 13.5. The third-order valence-electron chi connectivity index (χ3n) is 4.39. The summed E-state index contributed by atoms with van der Waals surface area (Å²) in [4.78, 5) is 7.91. The lowest BCUT2D eigenvalue weighted by atomic mass is 9.71. The summed E-state index contributed by atoms with van der Waals surface area (Å²) in [6.45, 7) is 4.76. The summed E-state index contributed by atoms with van der Waals surface area (Å²) in [7, 11) is 0. The van der Waals surface area contributed by atoms with Gasteiger partial charge in [0, 0.05) is 11.5 Å². The smallest absolute Gasteiger partial charge is 0.137 e. The Morgan fingerprint density at radius 3 is 2.00 bits per heavy atom. The van der Waals surface area contributed by atoms with E-state index in [1.807, 2.05) is 13.8 Å². The number of hydrogen-bond acceptors (Lipinski definition) is 4. The summed E-state index contributed by atoms with van der Waals surface area (Å²) < 4.78 is 31.3.